The summed E-state index contributed by atoms with van der Waals surface area (Å²) in [5.74, 6) is 0. The highest BCUT2D eigenvalue weighted by Gasteiger charge is 2.34. The summed E-state index contributed by atoms with van der Waals surface area (Å²) in [5.41, 5.74) is 0.0900. The molecule has 0 saturated heterocycles. The van der Waals surface area contributed by atoms with E-state index in [9.17, 15) is 13.2 Å². The Balaban J connectivity index is 2.68. The molecular formula is C12H12F3N. The summed E-state index contributed by atoms with van der Waals surface area (Å²) in [5, 5.41) is 0.642. The van der Waals surface area contributed by atoms with Gasteiger partial charge in [-0.15, -0.1) is 0 Å². The van der Waals surface area contributed by atoms with Gasteiger partial charge in [0.1, 0.15) is 5.69 Å². The number of para-hydroxylation sites is 1. The monoisotopic (exact) mass is 227 g/mol. The zero-order valence-electron chi connectivity index (χ0n) is 8.88. The molecule has 0 aliphatic rings. The van der Waals surface area contributed by atoms with Gasteiger partial charge in [-0.2, -0.15) is 13.2 Å². The van der Waals surface area contributed by atoms with Crippen LogP contribution in [0.15, 0.2) is 30.3 Å². The molecule has 1 heterocycles. The Morgan fingerprint density at radius 3 is 2.50 bits per heavy atom. The van der Waals surface area contributed by atoms with Crippen molar-refractivity contribution < 1.29 is 13.2 Å². The lowest BCUT2D eigenvalue weighted by molar-refractivity contribution is -0.143. The van der Waals surface area contributed by atoms with Gasteiger partial charge < -0.3 is 4.57 Å². The zero-order chi connectivity index (χ0) is 11.8. The Kier molecular flexibility index (Phi) is 2.66. The molecule has 0 aliphatic heterocycles. The molecule has 0 N–H and O–H groups in total. The van der Waals surface area contributed by atoms with Crippen LogP contribution in [0.2, 0.25) is 0 Å². The summed E-state index contributed by atoms with van der Waals surface area (Å²) in [4.78, 5) is 0. The maximum Gasteiger partial charge on any atom is 0.431 e. The lowest BCUT2D eigenvalue weighted by Crippen LogP contribution is -2.13. The minimum Gasteiger partial charge on any atom is -0.337 e. The molecule has 16 heavy (non-hydrogen) atoms. The highest BCUT2D eigenvalue weighted by Crippen LogP contribution is 2.34. The van der Waals surface area contributed by atoms with Gasteiger partial charge in [-0.05, 0) is 18.6 Å². The van der Waals surface area contributed by atoms with E-state index in [1.54, 1.807) is 24.3 Å². The van der Waals surface area contributed by atoms with Gasteiger partial charge in [0.2, 0.25) is 0 Å². The van der Waals surface area contributed by atoms with E-state index in [4.69, 9.17) is 0 Å². The maximum atomic E-state index is 12.8. The van der Waals surface area contributed by atoms with Crippen molar-refractivity contribution >= 4 is 10.9 Å². The van der Waals surface area contributed by atoms with E-state index in [2.05, 4.69) is 0 Å². The standard InChI is InChI=1S/C12H12F3N/c1-2-7-16-10-6-4-3-5-9(10)8-11(16)12(13,14)15/h3-6,8H,2,7H2,1H3. The first-order chi connectivity index (χ1) is 7.54. The number of nitrogens with zero attached hydrogens (tertiary/aromatic N) is 1. The summed E-state index contributed by atoms with van der Waals surface area (Å²) in [6, 6.07) is 8.15. The Morgan fingerprint density at radius 1 is 1.19 bits per heavy atom. The van der Waals surface area contributed by atoms with Gasteiger partial charge in [-0.1, -0.05) is 25.1 Å². The quantitative estimate of drug-likeness (QED) is 0.728. The van der Waals surface area contributed by atoms with Crippen LogP contribution in [0.4, 0.5) is 13.2 Å². The molecule has 0 saturated carbocycles. The van der Waals surface area contributed by atoms with Crippen molar-refractivity contribution in [2.75, 3.05) is 0 Å². The van der Waals surface area contributed by atoms with Crippen LogP contribution in [0.25, 0.3) is 10.9 Å². The van der Waals surface area contributed by atoms with E-state index in [-0.39, 0.29) is 0 Å². The maximum absolute atomic E-state index is 12.8. The van der Waals surface area contributed by atoms with E-state index >= 15 is 0 Å². The van der Waals surface area contributed by atoms with Gasteiger partial charge >= 0.3 is 6.18 Å². The first-order valence-electron chi connectivity index (χ1n) is 5.19. The molecule has 0 fully saturated rings. The van der Waals surface area contributed by atoms with Gasteiger partial charge in [0.25, 0.3) is 0 Å². The van der Waals surface area contributed by atoms with Crippen LogP contribution >= 0.6 is 0 Å². The van der Waals surface area contributed by atoms with Crippen molar-refractivity contribution in [1.82, 2.24) is 4.57 Å². The molecule has 2 aromatic rings. The van der Waals surface area contributed by atoms with Crippen LogP contribution < -0.4 is 0 Å². The fourth-order valence-electron chi connectivity index (χ4n) is 1.91. The van der Waals surface area contributed by atoms with Crippen LogP contribution in [0.3, 0.4) is 0 Å². The van der Waals surface area contributed by atoms with Crippen LogP contribution in [-0.2, 0) is 12.7 Å². The van der Waals surface area contributed by atoms with Gasteiger partial charge in [-0.3, -0.25) is 0 Å². The fraction of sp³-hybridized carbons (Fsp3) is 0.333. The number of hydrogen-bond donors (Lipinski definition) is 0. The third-order valence-electron chi connectivity index (χ3n) is 2.55. The van der Waals surface area contributed by atoms with E-state index in [1.165, 1.54) is 10.6 Å². The topological polar surface area (TPSA) is 4.93 Å². The van der Waals surface area contributed by atoms with Crippen molar-refractivity contribution in [3.63, 3.8) is 0 Å². The highest BCUT2D eigenvalue weighted by molar-refractivity contribution is 5.81. The number of fused-ring (bicyclic) bond motifs is 1. The number of alkyl halides is 3. The predicted molar refractivity (Wildman–Crippen MR) is 57.2 cm³/mol. The molecule has 0 spiro atoms. The molecule has 4 heteroatoms. The molecule has 0 bridgehead atoms. The average Bonchev–Trinajstić information content (AvgIpc) is 2.58. The van der Waals surface area contributed by atoms with E-state index in [0.717, 1.165) is 0 Å². The molecule has 0 unspecified atom stereocenters. The molecule has 86 valence electrons. The van der Waals surface area contributed by atoms with Crippen molar-refractivity contribution in [2.24, 2.45) is 0 Å². The summed E-state index contributed by atoms with van der Waals surface area (Å²) >= 11 is 0. The second kappa shape index (κ2) is 3.85. The molecule has 1 aromatic carbocycles. The summed E-state index contributed by atoms with van der Waals surface area (Å²) in [7, 11) is 0. The van der Waals surface area contributed by atoms with Crippen LogP contribution in [-0.4, -0.2) is 4.57 Å². The smallest absolute Gasteiger partial charge is 0.337 e. The summed E-state index contributed by atoms with van der Waals surface area (Å²) in [6.07, 6.45) is -3.60. The Hall–Kier alpha value is -1.45. The first-order valence-corrected chi connectivity index (χ1v) is 5.19. The number of aromatic nitrogens is 1. The van der Waals surface area contributed by atoms with E-state index < -0.39 is 11.9 Å². The van der Waals surface area contributed by atoms with Crippen LogP contribution in [0, 0.1) is 0 Å². The SMILES string of the molecule is CCCn1c(C(F)(F)F)cc2ccccc21. The lowest BCUT2D eigenvalue weighted by atomic mass is 10.2. The number of benzene rings is 1. The highest BCUT2D eigenvalue weighted by atomic mass is 19.4. The normalized spacial score (nSPS) is 12.2. The largest absolute Gasteiger partial charge is 0.431 e. The van der Waals surface area contributed by atoms with Crippen molar-refractivity contribution in [3.05, 3.63) is 36.0 Å². The fourth-order valence-corrected chi connectivity index (χ4v) is 1.91. The van der Waals surface area contributed by atoms with Crippen molar-refractivity contribution in [3.8, 4) is 0 Å². The van der Waals surface area contributed by atoms with Gasteiger partial charge in [0.05, 0.1) is 0 Å². The summed E-state index contributed by atoms with van der Waals surface area (Å²) in [6.45, 7) is 2.26. The number of hydrogen-bond acceptors (Lipinski definition) is 0. The number of halogens is 3. The van der Waals surface area contributed by atoms with Gasteiger partial charge in [0.15, 0.2) is 0 Å². The molecular weight excluding hydrogens is 215 g/mol. The van der Waals surface area contributed by atoms with E-state index in [0.29, 0.717) is 23.9 Å². The van der Waals surface area contributed by atoms with Gasteiger partial charge in [0, 0.05) is 17.4 Å². The predicted octanol–water partition coefficient (Wildman–Crippen LogP) is 4.07. The van der Waals surface area contributed by atoms with Crippen LogP contribution in [0.5, 0.6) is 0 Å². The molecule has 1 aromatic heterocycles. The number of aryl methyl sites for hydroxylation is 1. The number of rotatable bonds is 2. The molecule has 0 amide bonds. The van der Waals surface area contributed by atoms with E-state index in [1.807, 2.05) is 6.92 Å². The molecule has 1 nitrogen and oxygen atoms in total. The second-order valence-electron chi connectivity index (χ2n) is 3.74. The van der Waals surface area contributed by atoms with Gasteiger partial charge in [-0.25, -0.2) is 0 Å². The molecule has 0 radical (unpaired) electrons. The van der Waals surface area contributed by atoms with Crippen molar-refractivity contribution in [2.45, 2.75) is 26.1 Å². The average molecular weight is 227 g/mol. The zero-order valence-corrected chi connectivity index (χ0v) is 8.88. The Labute approximate surface area is 91.5 Å². The second-order valence-corrected chi connectivity index (χ2v) is 3.74. The Morgan fingerprint density at radius 2 is 1.88 bits per heavy atom. The summed E-state index contributed by atoms with van der Waals surface area (Å²) < 4.78 is 39.7. The lowest BCUT2D eigenvalue weighted by Gasteiger charge is -2.11. The third-order valence-corrected chi connectivity index (χ3v) is 2.55. The molecule has 2 rings (SSSR count). The third kappa shape index (κ3) is 1.79. The minimum absolute atomic E-state index is 0.391. The Bertz CT molecular complexity index is 496. The van der Waals surface area contributed by atoms with Crippen LogP contribution in [0.1, 0.15) is 19.0 Å². The molecule has 0 aliphatic carbocycles. The first kappa shape index (κ1) is 11.0. The molecule has 0 atom stereocenters. The minimum atomic E-state index is -4.28. The van der Waals surface area contributed by atoms with Crippen molar-refractivity contribution in [1.29, 1.82) is 0 Å².